The van der Waals surface area contributed by atoms with Gasteiger partial charge < -0.3 is 40.2 Å². The first-order valence-corrected chi connectivity index (χ1v) is 24.5. The number of likely N-dealkylation sites (tertiary alicyclic amines) is 1. The van der Waals surface area contributed by atoms with Gasteiger partial charge in [0, 0.05) is 64.9 Å². The van der Waals surface area contributed by atoms with Gasteiger partial charge in [0.1, 0.15) is 22.9 Å². The number of likely N-dealkylation sites (N-methyl/N-ethyl adjacent to an activating group) is 2. The maximum atomic E-state index is 14.6. The summed E-state index contributed by atoms with van der Waals surface area (Å²) < 4.78 is 17.6. The quantitative estimate of drug-likeness (QED) is 0.0784. The highest BCUT2D eigenvalue weighted by atomic mass is 32.1. The molecule has 65 heavy (non-hydrogen) atoms. The van der Waals surface area contributed by atoms with Gasteiger partial charge in [-0.05, 0) is 76.8 Å². The van der Waals surface area contributed by atoms with E-state index in [-0.39, 0.29) is 54.0 Å². The van der Waals surface area contributed by atoms with Crippen molar-refractivity contribution in [3.63, 3.8) is 0 Å². The van der Waals surface area contributed by atoms with Gasteiger partial charge in [-0.3, -0.25) is 24.2 Å². The summed E-state index contributed by atoms with van der Waals surface area (Å²) in [5, 5.41) is 24.0. The lowest BCUT2D eigenvalue weighted by Gasteiger charge is -2.42. The van der Waals surface area contributed by atoms with Gasteiger partial charge in [0.05, 0.1) is 36.3 Å². The van der Waals surface area contributed by atoms with Crippen molar-refractivity contribution in [3.05, 3.63) is 52.5 Å². The van der Waals surface area contributed by atoms with Crippen LogP contribution in [0.4, 0.5) is 4.79 Å². The largest absolute Gasteiger partial charge is 0.444 e. The average Bonchev–Trinajstić information content (AvgIpc) is 3.97. The van der Waals surface area contributed by atoms with E-state index in [9.17, 15) is 24.3 Å². The average molecular weight is 930 g/mol. The molecule has 1 aliphatic rings. The van der Waals surface area contributed by atoms with Crippen molar-refractivity contribution in [2.24, 2.45) is 23.7 Å². The predicted octanol–water partition coefficient (Wildman–Crippen LogP) is 6.27. The van der Waals surface area contributed by atoms with E-state index >= 15 is 0 Å². The van der Waals surface area contributed by atoms with E-state index in [1.807, 2.05) is 108 Å². The number of nitrogens with one attached hydrogen (secondary N) is 3. The summed E-state index contributed by atoms with van der Waals surface area (Å²) >= 11 is 1.51. The molecule has 4 N–H and O–H groups in total. The van der Waals surface area contributed by atoms with Crippen LogP contribution >= 0.6 is 11.3 Å². The van der Waals surface area contributed by atoms with E-state index in [4.69, 9.17) is 14.2 Å². The second kappa shape index (κ2) is 26.6. The molecule has 3 rings (SSSR count). The van der Waals surface area contributed by atoms with Gasteiger partial charge in [0.2, 0.25) is 17.7 Å². The van der Waals surface area contributed by atoms with Crippen molar-refractivity contribution < 1.29 is 38.5 Å². The van der Waals surface area contributed by atoms with Crippen molar-refractivity contribution in [1.82, 2.24) is 35.6 Å². The van der Waals surface area contributed by atoms with Crippen LogP contribution < -0.4 is 16.0 Å². The van der Waals surface area contributed by atoms with Crippen LogP contribution in [-0.2, 0) is 35.0 Å². The van der Waals surface area contributed by atoms with Crippen LogP contribution in [0.3, 0.4) is 0 Å². The van der Waals surface area contributed by atoms with E-state index in [0.29, 0.717) is 32.5 Å². The topological polar surface area (TPSA) is 175 Å². The van der Waals surface area contributed by atoms with Crippen LogP contribution in [0.1, 0.15) is 118 Å². The van der Waals surface area contributed by atoms with Crippen LogP contribution in [0.2, 0.25) is 0 Å². The molecular weight excluding hydrogens is 847 g/mol. The lowest BCUT2D eigenvalue weighted by atomic mass is 9.89. The molecule has 0 saturated carbocycles. The van der Waals surface area contributed by atoms with Crippen LogP contribution in [0.15, 0.2) is 41.9 Å². The third kappa shape index (κ3) is 16.6. The minimum Gasteiger partial charge on any atom is -0.444 e. The number of thiazole rings is 1. The summed E-state index contributed by atoms with van der Waals surface area (Å²) in [6.45, 7) is 20.8. The van der Waals surface area contributed by atoms with Gasteiger partial charge >= 0.3 is 6.09 Å². The third-order valence-electron chi connectivity index (χ3n) is 12.7. The molecule has 2 heterocycles. The number of carbonyl (C=O) groups excluding carboxylic acids is 4. The fraction of sp³-hybridized carbons (Fsp3) is 0.735. The van der Waals surface area contributed by atoms with Gasteiger partial charge in [0.25, 0.3) is 0 Å². The molecule has 4 amide bonds. The number of ether oxygens (including phenoxy) is 3. The minimum absolute atomic E-state index is 0.0140. The molecule has 1 aliphatic heterocycles. The number of aliphatic hydroxyl groups excluding tert-OH is 1. The lowest BCUT2D eigenvalue weighted by Crippen LogP contribution is -2.60. The molecule has 0 bridgehead atoms. The fourth-order valence-electron chi connectivity index (χ4n) is 9.20. The molecule has 2 unspecified atom stereocenters. The number of alkyl carbamates (subject to hydrolysis) is 1. The van der Waals surface area contributed by atoms with Gasteiger partial charge in [-0.15, -0.1) is 11.3 Å². The van der Waals surface area contributed by atoms with Gasteiger partial charge in [0.15, 0.2) is 0 Å². The number of benzene rings is 1. The maximum absolute atomic E-state index is 14.6. The highest BCUT2D eigenvalue weighted by Gasteiger charge is 2.44. The number of amides is 4. The van der Waals surface area contributed by atoms with E-state index in [0.717, 1.165) is 29.8 Å². The molecule has 10 atom stereocenters. The number of methoxy groups -OCH3 is 2. The molecule has 0 spiro atoms. The summed E-state index contributed by atoms with van der Waals surface area (Å²) in [7, 11) is 6.87. The molecule has 1 fully saturated rings. The summed E-state index contributed by atoms with van der Waals surface area (Å²) in [5.41, 5.74) is 0.501. The number of carbonyl (C=O) groups is 4. The van der Waals surface area contributed by atoms with Crippen LogP contribution in [0, 0.1) is 23.7 Å². The SMILES string of the molecule is CC[C@H](C)C([C@@H](CC(O)N1CCC[C@H]1[C@H](OC)[C@@H](C)C(=O)N[C@@H](Cc1ccccc1)c1nccs1)OC)N(C)C(=O)[C@@H](NC(=O)[C@H](C(C)C)N(C)CCCNC(=O)OC(C)(C)C)C(C)C. The summed E-state index contributed by atoms with van der Waals surface area (Å²) in [6, 6.07) is 7.73. The monoisotopic (exact) mass is 930 g/mol. The molecule has 2 aromatic rings. The van der Waals surface area contributed by atoms with Crippen LogP contribution in [-0.4, -0.2) is 145 Å². The van der Waals surface area contributed by atoms with Gasteiger partial charge in [-0.2, -0.15) is 0 Å². The van der Waals surface area contributed by atoms with Crippen molar-refractivity contribution >= 4 is 35.2 Å². The number of hydrogen-bond acceptors (Lipinski definition) is 12. The first-order chi connectivity index (χ1) is 30.6. The van der Waals surface area contributed by atoms with Crippen LogP contribution in [0.25, 0.3) is 0 Å². The number of rotatable bonds is 26. The Hall–Kier alpha value is -3.67. The maximum Gasteiger partial charge on any atom is 0.407 e. The highest BCUT2D eigenvalue weighted by Crippen LogP contribution is 2.32. The minimum atomic E-state index is -0.946. The fourth-order valence-corrected chi connectivity index (χ4v) is 9.89. The Labute approximate surface area is 394 Å². The molecule has 0 aliphatic carbocycles. The zero-order valence-electron chi connectivity index (χ0n) is 41.8. The summed E-state index contributed by atoms with van der Waals surface area (Å²) in [5.74, 6) is -1.45. The second-order valence-corrected chi connectivity index (χ2v) is 20.5. The van der Waals surface area contributed by atoms with Crippen molar-refractivity contribution in [2.45, 2.75) is 162 Å². The number of nitrogens with zero attached hydrogens (tertiary/aromatic N) is 4. The van der Waals surface area contributed by atoms with Crippen molar-refractivity contribution in [1.29, 1.82) is 0 Å². The molecule has 1 aromatic heterocycles. The summed E-state index contributed by atoms with van der Waals surface area (Å²) in [4.78, 5) is 65.1. The molecule has 16 heteroatoms. The molecule has 15 nitrogen and oxygen atoms in total. The third-order valence-corrected chi connectivity index (χ3v) is 13.6. The smallest absolute Gasteiger partial charge is 0.407 e. The van der Waals surface area contributed by atoms with E-state index < -0.39 is 54.2 Å². The highest BCUT2D eigenvalue weighted by molar-refractivity contribution is 7.09. The number of aliphatic hydroxyl groups is 1. The second-order valence-electron chi connectivity index (χ2n) is 19.6. The standard InChI is InChI=1S/C49H83N7O8S/c1-15-33(6)42(55(12)47(60)40(31(2)3)53-45(59)41(32(4)5)54(11)26-20-24-51-48(61)64-49(8,9)10)38(62-13)30-39(57)56-27-19-23-37(56)43(63-14)34(7)44(58)52-36(46-50-25-28-65-46)29-35-21-17-16-18-22-35/h16-18,21-22,25,28,31-34,36-43,57H,15,19-20,23-24,26-27,29-30H2,1-14H3,(H,51,61)(H,52,58)(H,53,59)/t33-,34+,36-,37-,38+,39?,40-,41-,42?,43+/m0/s1. The summed E-state index contributed by atoms with van der Waals surface area (Å²) in [6.07, 6.45) is 2.98. The molecule has 1 saturated heterocycles. The normalized spacial score (nSPS) is 18.9. The van der Waals surface area contributed by atoms with E-state index in [1.165, 1.54) is 11.3 Å². The molecule has 368 valence electrons. The van der Waals surface area contributed by atoms with Gasteiger partial charge in [-0.25, -0.2) is 9.78 Å². The predicted molar refractivity (Wildman–Crippen MR) is 257 cm³/mol. The lowest BCUT2D eigenvalue weighted by molar-refractivity contribution is -0.146. The molecule has 1 aromatic carbocycles. The Morgan fingerprint density at radius 1 is 0.969 bits per heavy atom. The van der Waals surface area contributed by atoms with Gasteiger partial charge in [-0.1, -0.05) is 85.2 Å². The number of hydrogen-bond donors (Lipinski definition) is 4. The Bertz CT molecular complexity index is 1730. The van der Waals surface area contributed by atoms with E-state index in [2.05, 4.69) is 34.8 Å². The van der Waals surface area contributed by atoms with Crippen molar-refractivity contribution in [3.8, 4) is 0 Å². The number of aromatic nitrogens is 1. The Balaban J connectivity index is 1.74. The van der Waals surface area contributed by atoms with E-state index in [1.54, 1.807) is 32.4 Å². The Morgan fingerprint density at radius 3 is 2.20 bits per heavy atom. The zero-order valence-corrected chi connectivity index (χ0v) is 42.7. The first-order valence-electron chi connectivity index (χ1n) is 23.6. The Kier molecular flexibility index (Phi) is 22.8. The molecule has 0 radical (unpaired) electrons. The first kappa shape index (κ1) is 55.7. The zero-order chi connectivity index (χ0) is 48.6. The van der Waals surface area contributed by atoms with Crippen molar-refractivity contribution in [2.75, 3.05) is 47.9 Å². The Morgan fingerprint density at radius 2 is 1.65 bits per heavy atom. The molecular formula is C49H83N7O8S. The van der Waals surface area contributed by atoms with Crippen LogP contribution in [0.5, 0.6) is 0 Å².